The molecule has 3 aromatic rings. The van der Waals surface area contributed by atoms with Gasteiger partial charge in [-0.25, -0.2) is 0 Å². The van der Waals surface area contributed by atoms with Gasteiger partial charge in [0.25, 0.3) is 5.89 Å². The van der Waals surface area contributed by atoms with Crippen molar-refractivity contribution in [3.63, 3.8) is 0 Å². The summed E-state index contributed by atoms with van der Waals surface area (Å²) in [5.74, 6) is 1.66. The minimum atomic E-state index is 0.269. The molecule has 1 aliphatic heterocycles. The fourth-order valence-electron chi connectivity index (χ4n) is 4.70. The first-order chi connectivity index (χ1) is 15.7. The maximum atomic E-state index is 12.7. The molecule has 5 rings (SSSR count). The van der Waals surface area contributed by atoms with Crippen LogP contribution >= 0.6 is 11.6 Å². The summed E-state index contributed by atoms with van der Waals surface area (Å²) in [5.41, 5.74) is 2.93. The predicted octanol–water partition coefficient (Wildman–Crippen LogP) is 4.89. The van der Waals surface area contributed by atoms with Gasteiger partial charge in [-0.05, 0) is 42.7 Å². The van der Waals surface area contributed by atoms with Crippen molar-refractivity contribution in [2.75, 3.05) is 26.2 Å². The molecule has 7 heteroatoms. The molecular formula is C25H27ClN4O2. The van der Waals surface area contributed by atoms with Gasteiger partial charge in [-0.15, -0.1) is 0 Å². The molecule has 2 aromatic carbocycles. The van der Waals surface area contributed by atoms with E-state index in [0.29, 0.717) is 22.6 Å². The van der Waals surface area contributed by atoms with E-state index in [2.05, 4.69) is 32.1 Å². The van der Waals surface area contributed by atoms with Gasteiger partial charge in [0.1, 0.15) is 0 Å². The number of halogens is 1. The lowest BCUT2D eigenvalue weighted by molar-refractivity contribution is -0.137. The number of piperazine rings is 1. The Bertz CT molecular complexity index is 1080. The molecule has 1 saturated heterocycles. The maximum absolute atomic E-state index is 12.7. The summed E-state index contributed by atoms with van der Waals surface area (Å²) < 4.78 is 5.46. The lowest BCUT2D eigenvalue weighted by Crippen LogP contribution is -2.49. The third-order valence-electron chi connectivity index (χ3n) is 6.48. The lowest BCUT2D eigenvalue weighted by Gasteiger charge is -2.36. The van der Waals surface area contributed by atoms with E-state index in [1.807, 2.05) is 36.4 Å². The van der Waals surface area contributed by atoms with Crippen molar-refractivity contribution in [1.29, 1.82) is 0 Å². The van der Waals surface area contributed by atoms with Crippen molar-refractivity contribution in [2.45, 2.75) is 32.2 Å². The zero-order valence-corrected chi connectivity index (χ0v) is 18.8. The van der Waals surface area contributed by atoms with E-state index in [0.717, 1.165) is 56.7 Å². The third kappa shape index (κ3) is 4.71. The molecule has 6 nitrogen and oxygen atoms in total. The van der Waals surface area contributed by atoms with Crippen LogP contribution in [0.25, 0.3) is 22.8 Å². The summed E-state index contributed by atoms with van der Waals surface area (Å²) in [5, 5.41) is 4.79. The lowest BCUT2D eigenvalue weighted by atomic mass is 10.1. The van der Waals surface area contributed by atoms with Crippen LogP contribution in [0, 0.1) is 5.92 Å². The molecule has 1 amide bonds. The summed E-state index contributed by atoms with van der Waals surface area (Å²) in [6.45, 7) is 4.30. The van der Waals surface area contributed by atoms with Gasteiger partial charge >= 0.3 is 0 Å². The molecule has 0 spiro atoms. The topological polar surface area (TPSA) is 62.5 Å². The summed E-state index contributed by atoms with van der Waals surface area (Å²) in [4.78, 5) is 21.7. The molecule has 0 atom stereocenters. The van der Waals surface area contributed by atoms with Crippen LogP contribution in [0.15, 0.2) is 53.1 Å². The normalized spacial score (nSPS) is 17.7. The molecular weight excluding hydrogens is 424 g/mol. The van der Waals surface area contributed by atoms with E-state index in [9.17, 15) is 4.79 Å². The first-order valence-corrected chi connectivity index (χ1v) is 11.7. The SMILES string of the molecule is O=C(C1CCCC1)N1CCN(Cc2cccc(-c3noc(-c4cccc(Cl)c4)n3)c2)CC1. The molecule has 2 fully saturated rings. The van der Waals surface area contributed by atoms with Crippen LogP contribution in [0.5, 0.6) is 0 Å². The molecule has 0 radical (unpaired) electrons. The Morgan fingerprint density at radius 2 is 1.75 bits per heavy atom. The number of carbonyl (C=O) groups excluding carboxylic acids is 1. The van der Waals surface area contributed by atoms with Gasteiger partial charge in [0.15, 0.2) is 0 Å². The van der Waals surface area contributed by atoms with Crippen LogP contribution in [-0.4, -0.2) is 52.0 Å². The van der Waals surface area contributed by atoms with Crippen molar-refractivity contribution >= 4 is 17.5 Å². The smallest absolute Gasteiger partial charge is 0.258 e. The van der Waals surface area contributed by atoms with Crippen molar-refractivity contribution in [2.24, 2.45) is 5.92 Å². The largest absolute Gasteiger partial charge is 0.340 e. The highest BCUT2D eigenvalue weighted by atomic mass is 35.5. The van der Waals surface area contributed by atoms with Gasteiger partial charge in [0.05, 0.1) is 0 Å². The minimum absolute atomic E-state index is 0.269. The Labute approximate surface area is 193 Å². The molecule has 2 heterocycles. The van der Waals surface area contributed by atoms with E-state index in [-0.39, 0.29) is 5.92 Å². The number of hydrogen-bond acceptors (Lipinski definition) is 5. The van der Waals surface area contributed by atoms with E-state index in [1.54, 1.807) is 0 Å². The van der Waals surface area contributed by atoms with Crippen LogP contribution in [0.1, 0.15) is 31.2 Å². The minimum Gasteiger partial charge on any atom is -0.340 e. The second kappa shape index (κ2) is 9.43. The van der Waals surface area contributed by atoms with E-state index in [1.165, 1.54) is 18.4 Å². The van der Waals surface area contributed by atoms with Crippen molar-refractivity contribution < 1.29 is 9.32 Å². The fourth-order valence-corrected chi connectivity index (χ4v) is 4.89. The molecule has 0 bridgehead atoms. The number of hydrogen-bond donors (Lipinski definition) is 0. The average molecular weight is 451 g/mol. The highest BCUT2D eigenvalue weighted by Crippen LogP contribution is 2.28. The van der Waals surface area contributed by atoms with Gasteiger partial charge in [-0.2, -0.15) is 4.98 Å². The Balaban J connectivity index is 1.21. The number of rotatable bonds is 5. The predicted molar refractivity (Wildman–Crippen MR) is 124 cm³/mol. The van der Waals surface area contributed by atoms with Crippen LogP contribution in [0.2, 0.25) is 5.02 Å². The molecule has 166 valence electrons. The van der Waals surface area contributed by atoms with Gasteiger partial charge in [-0.3, -0.25) is 9.69 Å². The standard InChI is InChI=1S/C25H27ClN4O2/c26-22-10-4-9-21(16-22)24-27-23(28-32-24)20-8-3-5-18(15-20)17-29-11-13-30(14-12-29)25(31)19-6-1-2-7-19/h3-5,8-10,15-16,19H,1-2,6-7,11-14,17H2. The Hall–Kier alpha value is -2.70. The van der Waals surface area contributed by atoms with Crippen molar-refractivity contribution in [3.8, 4) is 22.8 Å². The van der Waals surface area contributed by atoms with Crippen LogP contribution in [0.3, 0.4) is 0 Å². The van der Waals surface area contributed by atoms with E-state index < -0.39 is 0 Å². The summed E-state index contributed by atoms with van der Waals surface area (Å²) >= 11 is 6.07. The zero-order chi connectivity index (χ0) is 21.9. The van der Waals surface area contributed by atoms with Gasteiger partial charge in [0, 0.05) is 54.8 Å². The van der Waals surface area contributed by atoms with Crippen molar-refractivity contribution in [1.82, 2.24) is 19.9 Å². The van der Waals surface area contributed by atoms with Gasteiger partial charge in [-0.1, -0.05) is 53.9 Å². The number of amides is 1. The van der Waals surface area contributed by atoms with Gasteiger partial charge < -0.3 is 9.42 Å². The molecule has 1 aromatic heterocycles. The molecule has 0 unspecified atom stereocenters. The number of benzene rings is 2. The first-order valence-electron chi connectivity index (χ1n) is 11.4. The van der Waals surface area contributed by atoms with E-state index >= 15 is 0 Å². The molecule has 0 N–H and O–H groups in total. The molecule has 32 heavy (non-hydrogen) atoms. The van der Waals surface area contributed by atoms with Gasteiger partial charge in [0.2, 0.25) is 11.7 Å². The molecule has 1 saturated carbocycles. The average Bonchev–Trinajstić information content (AvgIpc) is 3.52. The number of carbonyl (C=O) groups is 1. The third-order valence-corrected chi connectivity index (χ3v) is 6.71. The van der Waals surface area contributed by atoms with Crippen LogP contribution in [-0.2, 0) is 11.3 Å². The summed E-state index contributed by atoms with van der Waals surface area (Å²) in [6, 6.07) is 15.6. The Morgan fingerprint density at radius 3 is 2.53 bits per heavy atom. The summed E-state index contributed by atoms with van der Waals surface area (Å²) in [7, 11) is 0. The Morgan fingerprint density at radius 1 is 1.00 bits per heavy atom. The highest BCUT2D eigenvalue weighted by Gasteiger charge is 2.29. The monoisotopic (exact) mass is 450 g/mol. The second-order valence-electron chi connectivity index (χ2n) is 8.72. The van der Waals surface area contributed by atoms with Crippen LogP contribution in [0.4, 0.5) is 0 Å². The second-order valence-corrected chi connectivity index (χ2v) is 9.15. The number of aromatic nitrogens is 2. The van der Waals surface area contributed by atoms with Crippen LogP contribution < -0.4 is 0 Å². The quantitative estimate of drug-likeness (QED) is 0.553. The molecule has 1 aliphatic carbocycles. The highest BCUT2D eigenvalue weighted by molar-refractivity contribution is 6.30. The summed E-state index contributed by atoms with van der Waals surface area (Å²) in [6.07, 6.45) is 4.54. The fraction of sp³-hybridized carbons (Fsp3) is 0.400. The first kappa shape index (κ1) is 21.2. The molecule has 2 aliphatic rings. The maximum Gasteiger partial charge on any atom is 0.258 e. The number of nitrogens with zero attached hydrogens (tertiary/aromatic N) is 4. The van der Waals surface area contributed by atoms with Crippen molar-refractivity contribution in [3.05, 3.63) is 59.1 Å². The Kier molecular flexibility index (Phi) is 6.23. The zero-order valence-electron chi connectivity index (χ0n) is 18.0. The van der Waals surface area contributed by atoms with E-state index in [4.69, 9.17) is 16.1 Å².